The molecule has 3 heterocycles. The fourth-order valence-corrected chi connectivity index (χ4v) is 7.75. The van der Waals surface area contributed by atoms with Crippen molar-refractivity contribution in [3.63, 3.8) is 0 Å². The molecule has 244 valence electrons. The fraction of sp³-hybridized carbons (Fsp3) is 0.306. The highest BCUT2D eigenvalue weighted by molar-refractivity contribution is 7.92. The number of hydrogen-bond acceptors (Lipinski definition) is 7. The average molecular weight is 655 g/mol. The van der Waals surface area contributed by atoms with E-state index in [1.165, 1.54) is 0 Å². The van der Waals surface area contributed by atoms with Crippen molar-refractivity contribution in [2.24, 2.45) is 0 Å². The Morgan fingerprint density at radius 1 is 0.851 bits per heavy atom. The van der Waals surface area contributed by atoms with Crippen LogP contribution >= 0.6 is 0 Å². The Labute approximate surface area is 273 Å². The van der Waals surface area contributed by atoms with Crippen molar-refractivity contribution in [1.82, 2.24) is 14.5 Å². The van der Waals surface area contributed by atoms with Gasteiger partial charge < -0.3 is 24.5 Å². The number of benzene rings is 4. The number of aromatic nitrogens is 2. The van der Waals surface area contributed by atoms with E-state index in [1.807, 2.05) is 59.2 Å². The second-order valence-electron chi connectivity index (χ2n) is 12.2. The molecule has 3 N–H and O–H groups in total. The molecule has 10 nitrogen and oxygen atoms in total. The van der Waals surface area contributed by atoms with E-state index in [0.717, 1.165) is 48.1 Å². The summed E-state index contributed by atoms with van der Waals surface area (Å²) in [7, 11) is -3.77. The number of rotatable bonds is 9. The van der Waals surface area contributed by atoms with Gasteiger partial charge >= 0.3 is 5.69 Å². The third-order valence-corrected chi connectivity index (χ3v) is 10.5. The van der Waals surface area contributed by atoms with Gasteiger partial charge in [0.2, 0.25) is 0 Å². The summed E-state index contributed by atoms with van der Waals surface area (Å²) in [5, 5.41) is 9.55. The summed E-state index contributed by atoms with van der Waals surface area (Å²) >= 11 is 0. The SMILES string of the molecule is O=c1[nH]c2ccccc2n1C1CCN(C[C@@H]2C[C@H](c3ccc(CO)cc3)O[C@H](c3cccc(NS(=O)(=O)c4ccccc4)c3)O2)CC1. The number of para-hydroxylation sites is 2. The molecule has 1 aromatic heterocycles. The molecule has 0 saturated carbocycles. The lowest BCUT2D eigenvalue weighted by Crippen LogP contribution is -2.43. The minimum absolute atomic E-state index is 0.0352. The lowest BCUT2D eigenvalue weighted by Gasteiger charge is -2.40. The van der Waals surface area contributed by atoms with Crippen LogP contribution < -0.4 is 10.4 Å². The first kappa shape index (κ1) is 31.3. The molecule has 0 spiro atoms. The molecule has 7 rings (SSSR count). The molecule has 2 fully saturated rings. The standard InChI is InChI=1S/C36H38N4O6S/c41-24-25-13-15-26(16-14-25)34-22-30(23-39-19-17-29(18-20-39)40-33-12-5-4-11-32(33)37-36(40)42)45-35(46-34)27-7-6-8-28(21-27)38-47(43,44)31-9-2-1-3-10-31/h1-16,21,29-30,34-35,38,41H,17-20,22-24H2,(H,37,42)/t30-,34+,35+/m0/s1. The zero-order chi connectivity index (χ0) is 32.4. The van der Waals surface area contributed by atoms with Crippen LogP contribution in [0.15, 0.2) is 113 Å². The highest BCUT2D eigenvalue weighted by Gasteiger charge is 2.34. The number of aliphatic hydroxyl groups is 1. The van der Waals surface area contributed by atoms with E-state index in [4.69, 9.17) is 9.47 Å². The molecular weight excluding hydrogens is 616 g/mol. The number of ether oxygens (including phenoxy) is 2. The maximum absolute atomic E-state index is 13.0. The summed E-state index contributed by atoms with van der Waals surface area (Å²) in [6, 6.07) is 31.1. The van der Waals surface area contributed by atoms with Crippen LogP contribution in [0, 0.1) is 0 Å². The summed E-state index contributed by atoms with van der Waals surface area (Å²) in [6.07, 6.45) is 1.19. The molecule has 0 aliphatic carbocycles. The Hall–Kier alpha value is -4.26. The monoisotopic (exact) mass is 654 g/mol. The molecule has 47 heavy (non-hydrogen) atoms. The highest BCUT2D eigenvalue weighted by atomic mass is 32.2. The minimum Gasteiger partial charge on any atom is -0.392 e. The van der Waals surface area contributed by atoms with Crippen molar-refractivity contribution in [1.29, 1.82) is 0 Å². The number of likely N-dealkylation sites (tertiary alicyclic amines) is 1. The van der Waals surface area contributed by atoms with Gasteiger partial charge in [-0.2, -0.15) is 0 Å². The molecule has 0 unspecified atom stereocenters. The van der Waals surface area contributed by atoms with E-state index >= 15 is 0 Å². The molecular formula is C36H38N4O6S. The molecule has 0 bridgehead atoms. The lowest BCUT2D eigenvalue weighted by atomic mass is 9.98. The zero-order valence-corrected chi connectivity index (χ0v) is 26.7. The molecule has 2 aliphatic rings. The van der Waals surface area contributed by atoms with Crippen LogP contribution in [0.25, 0.3) is 11.0 Å². The van der Waals surface area contributed by atoms with Gasteiger partial charge in [-0.15, -0.1) is 0 Å². The van der Waals surface area contributed by atoms with E-state index < -0.39 is 16.3 Å². The highest BCUT2D eigenvalue weighted by Crippen LogP contribution is 2.39. The topological polar surface area (TPSA) is 126 Å². The maximum atomic E-state index is 13.0. The first-order valence-corrected chi connectivity index (χ1v) is 17.4. The predicted molar refractivity (Wildman–Crippen MR) is 179 cm³/mol. The Balaban J connectivity index is 1.08. The molecule has 3 atom stereocenters. The molecule has 2 saturated heterocycles. The van der Waals surface area contributed by atoms with Crippen molar-refractivity contribution in [2.45, 2.75) is 55.3 Å². The number of H-pyrrole nitrogens is 1. The number of imidazole rings is 1. The van der Waals surface area contributed by atoms with E-state index in [2.05, 4.69) is 14.6 Å². The second kappa shape index (κ2) is 13.5. The van der Waals surface area contributed by atoms with E-state index in [9.17, 15) is 18.3 Å². The number of nitrogens with one attached hydrogen (secondary N) is 2. The molecule has 0 radical (unpaired) electrons. The van der Waals surface area contributed by atoms with Crippen molar-refractivity contribution < 1.29 is 23.0 Å². The minimum atomic E-state index is -3.77. The summed E-state index contributed by atoms with van der Waals surface area (Å²) in [5.41, 5.74) is 4.66. The normalized spacial score (nSPS) is 21.2. The summed E-state index contributed by atoms with van der Waals surface area (Å²) in [5.74, 6) is 0. The van der Waals surface area contributed by atoms with Crippen molar-refractivity contribution in [3.8, 4) is 0 Å². The van der Waals surface area contributed by atoms with Crippen LogP contribution in [-0.2, 0) is 26.1 Å². The third kappa shape index (κ3) is 6.90. The third-order valence-electron chi connectivity index (χ3n) is 9.09. The Morgan fingerprint density at radius 2 is 1.60 bits per heavy atom. The van der Waals surface area contributed by atoms with Gasteiger partial charge in [-0.05, 0) is 60.4 Å². The number of piperidine rings is 1. The van der Waals surface area contributed by atoms with Gasteiger partial charge in [0, 0.05) is 43.3 Å². The number of anilines is 1. The first-order chi connectivity index (χ1) is 22.9. The quantitative estimate of drug-likeness (QED) is 0.192. The Bertz CT molecular complexity index is 1990. The zero-order valence-electron chi connectivity index (χ0n) is 25.9. The largest absolute Gasteiger partial charge is 0.392 e. The molecule has 4 aromatic carbocycles. The Morgan fingerprint density at radius 3 is 2.36 bits per heavy atom. The van der Waals surface area contributed by atoms with Gasteiger partial charge in [-0.3, -0.25) is 9.29 Å². The van der Waals surface area contributed by atoms with Crippen LogP contribution in [0.1, 0.15) is 54.4 Å². The molecule has 5 aromatic rings. The van der Waals surface area contributed by atoms with Crippen LogP contribution in [0.2, 0.25) is 0 Å². The fourth-order valence-electron chi connectivity index (χ4n) is 6.68. The van der Waals surface area contributed by atoms with E-state index in [-0.39, 0.29) is 35.4 Å². The maximum Gasteiger partial charge on any atom is 0.326 e. The summed E-state index contributed by atoms with van der Waals surface area (Å²) in [6.45, 7) is 2.32. The van der Waals surface area contributed by atoms with Crippen molar-refractivity contribution in [2.75, 3.05) is 24.4 Å². The first-order valence-electron chi connectivity index (χ1n) is 16.0. The summed E-state index contributed by atoms with van der Waals surface area (Å²) in [4.78, 5) is 18.4. The number of hydrogen-bond donors (Lipinski definition) is 3. The Kier molecular flexibility index (Phi) is 8.98. The second-order valence-corrected chi connectivity index (χ2v) is 13.9. The van der Waals surface area contributed by atoms with E-state index in [0.29, 0.717) is 24.2 Å². The number of aromatic amines is 1. The number of aliphatic hydroxyl groups excluding tert-OH is 1. The van der Waals surface area contributed by atoms with E-state index in [1.54, 1.807) is 48.5 Å². The molecule has 0 amide bonds. The average Bonchev–Trinajstić information content (AvgIpc) is 3.44. The number of fused-ring (bicyclic) bond motifs is 1. The van der Waals surface area contributed by atoms with Crippen molar-refractivity contribution >= 4 is 26.7 Å². The van der Waals surface area contributed by atoms with Crippen LogP contribution in [0.4, 0.5) is 5.69 Å². The van der Waals surface area contributed by atoms with Gasteiger partial charge in [-0.25, -0.2) is 13.2 Å². The number of sulfonamides is 1. The van der Waals surface area contributed by atoms with Crippen LogP contribution in [0.5, 0.6) is 0 Å². The van der Waals surface area contributed by atoms with Gasteiger partial charge in [0.05, 0.1) is 34.7 Å². The van der Waals surface area contributed by atoms with Gasteiger partial charge in [0.25, 0.3) is 10.0 Å². The van der Waals surface area contributed by atoms with Crippen LogP contribution in [-0.4, -0.2) is 53.7 Å². The van der Waals surface area contributed by atoms with Crippen LogP contribution in [0.3, 0.4) is 0 Å². The molecule has 11 heteroatoms. The van der Waals surface area contributed by atoms with Gasteiger partial charge in [0.15, 0.2) is 6.29 Å². The smallest absolute Gasteiger partial charge is 0.326 e. The van der Waals surface area contributed by atoms with Gasteiger partial charge in [-0.1, -0.05) is 66.7 Å². The molecule has 2 aliphatic heterocycles. The van der Waals surface area contributed by atoms with Gasteiger partial charge in [0.1, 0.15) is 0 Å². The lowest BCUT2D eigenvalue weighted by molar-refractivity contribution is -0.253. The number of nitrogens with zero attached hydrogens (tertiary/aromatic N) is 2. The summed E-state index contributed by atoms with van der Waals surface area (Å²) < 4.78 is 43.7. The predicted octanol–water partition coefficient (Wildman–Crippen LogP) is 5.51. The van der Waals surface area contributed by atoms with Crippen molar-refractivity contribution in [3.05, 3.63) is 130 Å².